The molecule has 0 aliphatic carbocycles. The number of hydrazone groups is 2. The molecular formula is C20H24Cl2N4O2S2. The molecule has 2 heterocycles. The first-order chi connectivity index (χ1) is 14.3. The summed E-state index contributed by atoms with van der Waals surface area (Å²) in [6.45, 7) is 3.66. The van der Waals surface area contributed by atoms with Crippen LogP contribution >= 0.6 is 45.9 Å². The molecule has 0 bridgehead atoms. The highest BCUT2D eigenvalue weighted by atomic mass is 35.5. The molecule has 0 fully saturated rings. The van der Waals surface area contributed by atoms with Crippen LogP contribution in [0.25, 0.3) is 0 Å². The summed E-state index contributed by atoms with van der Waals surface area (Å²) in [6, 6.07) is 7.35. The summed E-state index contributed by atoms with van der Waals surface area (Å²) in [7, 11) is 0. The van der Waals surface area contributed by atoms with Gasteiger partial charge in [0.1, 0.15) is 0 Å². The monoisotopic (exact) mass is 486 g/mol. The van der Waals surface area contributed by atoms with E-state index in [1.165, 1.54) is 22.7 Å². The van der Waals surface area contributed by atoms with Crippen molar-refractivity contribution < 1.29 is 9.59 Å². The van der Waals surface area contributed by atoms with Crippen LogP contribution in [0.3, 0.4) is 0 Å². The van der Waals surface area contributed by atoms with Crippen LogP contribution in [0.4, 0.5) is 0 Å². The van der Waals surface area contributed by atoms with Crippen LogP contribution < -0.4 is 10.9 Å². The minimum absolute atomic E-state index is 0.117. The molecule has 2 aromatic rings. The lowest BCUT2D eigenvalue weighted by molar-refractivity contribution is -0.122. The van der Waals surface area contributed by atoms with E-state index in [4.69, 9.17) is 23.2 Å². The van der Waals surface area contributed by atoms with E-state index < -0.39 is 0 Å². The summed E-state index contributed by atoms with van der Waals surface area (Å²) in [5, 5.41) is 8.20. The molecule has 0 saturated heterocycles. The van der Waals surface area contributed by atoms with Crippen LogP contribution in [0.2, 0.25) is 8.67 Å². The van der Waals surface area contributed by atoms with Gasteiger partial charge < -0.3 is 0 Å². The van der Waals surface area contributed by atoms with E-state index in [0.29, 0.717) is 21.5 Å². The summed E-state index contributed by atoms with van der Waals surface area (Å²) < 4.78 is 1.38. The predicted molar refractivity (Wildman–Crippen MR) is 127 cm³/mol. The maximum absolute atomic E-state index is 11.9. The van der Waals surface area contributed by atoms with Gasteiger partial charge >= 0.3 is 0 Å². The quantitative estimate of drug-likeness (QED) is 0.237. The number of halogens is 2. The topological polar surface area (TPSA) is 82.9 Å². The zero-order valence-corrected chi connectivity index (χ0v) is 20.0. The molecule has 6 nitrogen and oxygen atoms in total. The maximum atomic E-state index is 11.9. The van der Waals surface area contributed by atoms with Gasteiger partial charge in [0, 0.05) is 12.8 Å². The Morgan fingerprint density at radius 2 is 1.17 bits per heavy atom. The fourth-order valence-electron chi connectivity index (χ4n) is 2.46. The Morgan fingerprint density at radius 3 is 1.50 bits per heavy atom. The molecule has 2 rings (SSSR count). The van der Waals surface area contributed by atoms with Crippen molar-refractivity contribution in [3.8, 4) is 0 Å². The maximum Gasteiger partial charge on any atom is 0.240 e. The lowest BCUT2D eigenvalue weighted by Gasteiger charge is -2.03. The summed E-state index contributed by atoms with van der Waals surface area (Å²) >= 11 is 14.6. The summed E-state index contributed by atoms with van der Waals surface area (Å²) in [6.07, 6.45) is 4.06. The van der Waals surface area contributed by atoms with Gasteiger partial charge in [0.25, 0.3) is 0 Å². The zero-order chi connectivity index (χ0) is 21.9. The van der Waals surface area contributed by atoms with Gasteiger partial charge in [-0.2, -0.15) is 10.2 Å². The molecule has 162 valence electrons. The van der Waals surface area contributed by atoms with Crippen LogP contribution in [0.1, 0.15) is 62.1 Å². The molecule has 0 unspecified atom stereocenters. The molecule has 0 aliphatic rings. The third-order valence-corrected chi connectivity index (χ3v) is 6.79. The van der Waals surface area contributed by atoms with Crippen LogP contribution in [-0.2, 0) is 9.59 Å². The van der Waals surface area contributed by atoms with Crippen molar-refractivity contribution in [3.63, 3.8) is 0 Å². The molecule has 0 aromatic carbocycles. The molecule has 0 saturated carbocycles. The first-order valence-electron chi connectivity index (χ1n) is 9.53. The van der Waals surface area contributed by atoms with Gasteiger partial charge in [-0.15, -0.1) is 22.7 Å². The molecule has 30 heavy (non-hydrogen) atoms. The van der Waals surface area contributed by atoms with Crippen molar-refractivity contribution in [2.45, 2.75) is 52.4 Å². The van der Waals surface area contributed by atoms with Crippen molar-refractivity contribution in [3.05, 3.63) is 42.7 Å². The molecule has 0 spiro atoms. The number of rotatable bonds is 11. The summed E-state index contributed by atoms with van der Waals surface area (Å²) in [5.74, 6) is -0.235. The number of nitrogens with zero attached hydrogens (tertiary/aromatic N) is 2. The molecule has 2 aromatic heterocycles. The van der Waals surface area contributed by atoms with E-state index >= 15 is 0 Å². The number of nitrogens with one attached hydrogen (secondary N) is 2. The molecule has 0 aliphatic heterocycles. The first kappa shape index (κ1) is 24.5. The predicted octanol–water partition coefficient (Wildman–Crippen LogP) is 5.84. The van der Waals surface area contributed by atoms with Crippen LogP contribution in [0, 0.1) is 0 Å². The van der Waals surface area contributed by atoms with Crippen LogP contribution in [-0.4, -0.2) is 23.2 Å². The van der Waals surface area contributed by atoms with Gasteiger partial charge in [-0.1, -0.05) is 36.0 Å². The van der Waals surface area contributed by atoms with Crippen molar-refractivity contribution in [2.75, 3.05) is 0 Å². The third-order valence-electron chi connectivity index (χ3n) is 4.11. The molecule has 10 heteroatoms. The Labute approximate surface area is 194 Å². The number of thiophene rings is 2. The Bertz CT molecular complexity index is 847. The molecule has 2 amide bonds. The van der Waals surface area contributed by atoms with Crippen molar-refractivity contribution in [2.24, 2.45) is 10.2 Å². The SMILES string of the molecule is CC(=NNC(=O)CCCCCCC(=O)NN=C(C)c1ccc(Cl)s1)c1ccc(Cl)s1. The van der Waals surface area contributed by atoms with E-state index in [-0.39, 0.29) is 11.8 Å². The second-order valence-electron chi connectivity index (χ2n) is 6.59. The highest BCUT2D eigenvalue weighted by Gasteiger charge is 2.06. The third kappa shape index (κ3) is 8.95. The van der Waals surface area contributed by atoms with Gasteiger partial charge in [-0.05, 0) is 51.0 Å². The zero-order valence-electron chi connectivity index (χ0n) is 16.8. The van der Waals surface area contributed by atoms with Gasteiger partial charge in [0.05, 0.1) is 29.9 Å². The fourth-order valence-corrected chi connectivity index (χ4v) is 4.43. The number of unbranched alkanes of at least 4 members (excludes halogenated alkanes) is 3. The fraction of sp³-hybridized carbons (Fsp3) is 0.400. The second kappa shape index (κ2) is 12.8. The number of hydrogen-bond acceptors (Lipinski definition) is 6. The lowest BCUT2D eigenvalue weighted by atomic mass is 10.1. The average Bonchev–Trinajstić information content (AvgIpc) is 3.35. The normalized spacial score (nSPS) is 12.1. The number of carbonyl (C=O) groups is 2. The Balaban J connectivity index is 1.54. The molecular weight excluding hydrogens is 463 g/mol. The Morgan fingerprint density at radius 1 is 0.767 bits per heavy atom. The average molecular weight is 487 g/mol. The smallest absolute Gasteiger partial charge is 0.240 e. The standard InChI is InChI=1S/C20H24Cl2N4O2S2/c1-13(15-9-11-17(21)29-15)23-25-19(27)7-5-3-4-6-8-20(28)26-24-14(2)16-10-12-18(22)30-16/h9-12H,3-8H2,1-2H3,(H,25,27)(H,26,28). The molecule has 0 radical (unpaired) electrons. The number of amides is 2. The highest BCUT2D eigenvalue weighted by Crippen LogP contribution is 2.22. The first-order valence-corrected chi connectivity index (χ1v) is 11.9. The minimum Gasteiger partial charge on any atom is -0.273 e. The van der Waals surface area contributed by atoms with Crippen LogP contribution in [0.5, 0.6) is 0 Å². The largest absolute Gasteiger partial charge is 0.273 e. The Hall–Kier alpha value is -1.74. The van der Waals surface area contributed by atoms with Crippen molar-refractivity contribution in [1.29, 1.82) is 0 Å². The summed E-state index contributed by atoms with van der Waals surface area (Å²) in [5.41, 5.74) is 6.59. The van der Waals surface area contributed by atoms with Crippen molar-refractivity contribution >= 4 is 69.1 Å². The minimum atomic E-state index is -0.117. The van der Waals surface area contributed by atoms with Gasteiger partial charge in [-0.3, -0.25) is 9.59 Å². The lowest BCUT2D eigenvalue weighted by Crippen LogP contribution is -2.19. The van der Waals surface area contributed by atoms with Crippen molar-refractivity contribution in [1.82, 2.24) is 10.9 Å². The van der Waals surface area contributed by atoms with E-state index in [9.17, 15) is 9.59 Å². The van der Waals surface area contributed by atoms with E-state index in [1.807, 2.05) is 26.0 Å². The second-order valence-corrected chi connectivity index (χ2v) is 10.0. The Kier molecular flexibility index (Phi) is 10.5. The number of carbonyl (C=O) groups excluding carboxylic acids is 2. The van der Waals surface area contributed by atoms with Crippen LogP contribution in [0.15, 0.2) is 34.5 Å². The van der Waals surface area contributed by atoms with E-state index in [1.54, 1.807) is 12.1 Å². The van der Waals surface area contributed by atoms with Gasteiger partial charge in [0.2, 0.25) is 11.8 Å². The molecule has 2 N–H and O–H groups in total. The molecule has 0 atom stereocenters. The highest BCUT2D eigenvalue weighted by molar-refractivity contribution is 7.18. The number of hydrogen-bond donors (Lipinski definition) is 2. The van der Waals surface area contributed by atoms with Gasteiger partial charge in [-0.25, -0.2) is 10.9 Å². The summed E-state index contributed by atoms with van der Waals surface area (Å²) in [4.78, 5) is 25.6. The van der Waals surface area contributed by atoms with E-state index in [2.05, 4.69) is 21.1 Å². The van der Waals surface area contributed by atoms with E-state index in [0.717, 1.165) is 46.9 Å². The van der Waals surface area contributed by atoms with Gasteiger partial charge in [0.15, 0.2) is 0 Å².